The summed E-state index contributed by atoms with van der Waals surface area (Å²) in [7, 11) is 0. The van der Waals surface area contributed by atoms with Crippen molar-refractivity contribution in [3.05, 3.63) is 245 Å². The molecular formula is C92H108N10O18S. The number of nitrogens with one attached hydrogen (secondary N) is 8. The highest BCUT2D eigenvalue weighted by Gasteiger charge is 2.62. The van der Waals surface area contributed by atoms with Gasteiger partial charge in [-0.3, -0.25) is 53.4 Å². The zero-order valence-corrected chi connectivity index (χ0v) is 71.1. The zero-order valence-electron chi connectivity index (χ0n) is 70.3. The van der Waals surface area contributed by atoms with Gasteiger partial charge in [-0.15, -0.1) is 11.8 Å². The Morgan fingerprint density at radius 1 is 0.628 bits per heavy atom. The molecule has 5 aliphatic rings. The molecule has 4 bridgehead atoms. The Bertz CT molecular complexity index is 4780. The van der Waals surface area contributed by atoms with Gasteiger partial charge < -0.3 is 70.9 Å². The number of nitrogens with zero attached hydrogens (tertiary/aromatic N) is 2. The molecule has 121 heavy (non-hydrogen) atoms. The molecule has 12 rings (SSSR count). The number of carbonyl (C=O) groups is 12. The van der Waals surface area contributed by atoms with E-state index in [4.69, 9.17) is 23.7 Å². The highest BCUT2D eigenvalue weighted by atomic mass is 32.2. The van der Waals surface area contributed by atoms with Gasteiger partial charge in [-0.25, -0.2) is 14.4 Å². The number of carbonyl (C=O) groups excluding carboxylic acids is 12. The number of anilines is 1. The lowest BCUT2D eigenvalue weighted by atomic mass is 9.76. The number of thioether (sulfide) groups is 1. The summed E-state index contributed by atoms with van der Waals surface area (Å²) in [6.45, 7) is 18.8. The lowest BCUT2D eigenvalue weighted by Crippen LogP contribution is -2.60. The van der Waals surface area contributed by atoms with E-state index in [0.29, 0.717) is 33.5 Å². The van der Waals surface area contributed by atoms with Crippen molar-refractivity contribution in [1.29, 1.82) is 0 Å². The standard InChI is InChI=1S/C92H108N10O18S/c1-14-55(2)76(98-85(113)99-80(109)72-50-90(115)67-42-30-31-43-68(67)96-84(90)102(72)86(114)120-88(9,10)11)81(110)93-51-75(106)94-70(54-121-92(63-36-24-17-25-37-63,64-38-26-18-27-39-64)65-40-28-19-29-41-65)78(107)95-69-49-74(105)100-91(60-32-20-15-21-33-60,61-34-22-16-23-35-61)62-46-44-59(45-47-62)89(12,13)118-66-48-71(101(52-66)82(69)111)79(108)97-77(83(112)119-87(6,7)8)56(3)73(117-58(5)104)53-116-57(4)103/h15-47,55-56,66,69-73,76-77,84,96,115H,14,48-54H2,1-13H3,(H,93,110)(H,94,106)(H,95,107)(H,97,108)(H,100,105)(H2,98,99,109,113)/t55-,56-,66?,69?,70?,71-,72?,73-,76-,77-,84?,90?/m0/s1. The maximum absolute atomic E-state index is 16.6. The minimum atomic E-state index is -1.93. The summed E-state index contributed by atoms with van der Waals surface area (Å²) in [4.78, 5) is 179. The summed E-state index contributed by atoms with van der Waals surface area (Å²) in [6, 6.07) is 50.1. The van der Waals surface area contributed by atoms with Crippen LogP contribution >= 0.6 is 11.8 Å². The maximum atomic E-state index is 16.6. The van der Waals surface area contributed by atoms with Crippen LogP contribution in [0.1, 0.15) is 160 Å². The van der Waals surface area contributed by atoms with E-state index in [1.54, 1.807) is 79.7 Å². The van der Waals surface area contributed by atoms with Gasteiger partial charge in [-0.05, 0) is 106 Å². The van der Waals surface area contributed by atoms with E-state index in [1.165, 1.54) is 18.7 Å². The smallest absolute Gasteiger partial charge is 0.412 e. The highest BCUT2D eigenvalue weighted by molar-refractivity contribution is 8.00. The SMILES string of the molecule is CC[C@H](C)[C@H](NC(=O)NC(=O)C1CC2(O)c3ccccc3NC2N1C(=O)OC(C)(C)C)C(=O)NCC(=O)NC(CSC(c1ccccc1)(c1ccccc1)c1ccccc1)C(=O)NC1CC(=O)NC(c2ccccc2)(c2ccccc2)c2ccc(cc2)C(C)(C)OC2C[C@@H](C(=O)N[C@H](C(=O)OC(C)(C)C)[C@@H](C)[C@H](COC(C)=O)OC(C)=O)N(C2)C1=O. The molecule has 0 radical (unpaired) electrons. The molecule has 9 N–H and O–H groups in total. The molecule has 28 nitrogen and oxygen atoms in total. The van der Waals surface area contributed by atoms with Gasteiger partial charge >= 0.3 is 30.0 Å². The van der Waals surface area contributed by atoms with Crippen LogP contribution in [0.2, 0.25) is 0 Å². The summed E-state index contributed by atoms with van der Waals surface area (Å²) in [5.74, 6) is -11.3. The Morgan fingerprint density at radius 3 is 1.69 bits per heavy atom. The second kappa shape index (κ2) is 37.8. The van der Waals surface area contributed by atoms with Crippen LogP contribution in [0.15, 0.2) is 200 Å². The van der Waals surface area contributed by atoms with Crippen LogP contribution in [0.25, 0.3) is 0 Å². The Labute approximate surface area is 708 Å². The van der Waals surface area contributed by atoms with E-state index in [1.807, 2.05) is 190 Å². The van der Waals surface area contributed by atoms with Crippen LogP contribution in [-0.4, -0.2) is 178 Å². The molecule has 5 aliphatic heterocycles. The van der Waals surface area contributed by atoms with Crippen molar-refractivity contribution in [2.75, 3.05) is 30.8 Å². The first-order valence-corrected chi connectivity index (χ1v) is 41.6. The van der Waals surface area contributed by atoms with Crippen LogP contribution in [-0.2, 0) is 93.1 Å². The van der Waals surface area contributed by atoms with Crippen LogP contribution < -0.4 is 42.5 Å². The average molecular weight is 1670 g/mol. The predicted octanol–water partition coefficient (Wildman–Crippen LogP) is 9.38. The molecule has 0 aliphatic carbocycles. The number of hydrogen-bond donors (Lipinski definition) is 9. The third kappa shape index (κ3) is 20.7. The van der Waals surface area contributed by atoms with E-state index < -0.39 is 190 Å². The molecule has 640 valence electrons. The molecule has 6 unspecified atom stereocenters. The molecule has 12 atom stereocenters. The lowest BCUT2D eigenvalue weighted by molar-refractivity contribution is -0.168. The number of ether oxygens (including phenoxy) is 5. The molecule has 0 saturated carbocycles. The monoisotopic (exact) mass is 1670 g/mol. The van der Waals surface area contributed by atoms with Crippen molar-refractivity contribution in [2.24, 2.45) is 11.8 Å². The van der Waals surface area contributed by atoms with Crippen LogP contribution in [0.4, 0.5) is 15.3 Å². The molecule has 29 heteroatoms. The second-order valence-electron chi connectivity index (χ2n) is 33.6. The van der Waals surface area contributed by atoms with Gasteiger partial charge in [0.2, 0.25) is 35.4 Å². The first-order valence-electron chi connectivity index (χ1n) is 40.6. The Balaban J connectivity index is 0.964. The number of aliphatic hydroxyl groups is 1. The van der Waals surface area contributed by atoms with Crippen LogP contribution in [0.3, 0.4) is 0 Å². The number of likely N-dealkylation sites (tertiary alicyclic amines) is 1. The molecule has 5 heterocycles. The first-order chi connectivity index (χ1) is 57.4. The molecule has 0 spiro atoms. The summed E-state index contributed by atoms with van der Waals surface area (Å²) < 4.78 is 28.4. The number of rotatable bonds is 26. The number of esters is 3. The van der Waals surface area contributed by atoms with Crippen molar-refractivity contribution >= 4 is 88.8 Å². The Hall–Kier alpha value is -12.0. The van der Waals surface area contributed by atoms with Crippen molar-refractivity contribution in [1.82, 2.24) is 47.0 Å². The number of hydrogen-bond acceptors (Lipinski definition) is 20. The van der Waals surface area contributed by atoms with Gasteiger partial charge in [0.25, 0.3) is 5.91 Å². The molecule has 2 saturated heterocycles. The predicted molar refractivity (Wildman–Crippen MR) is 452 cm³/mol. The number of imide groups is 1. The van der Waals surface area contributed by atoms with E-state index in [9.17, 15) is 38.7 Å². The van der Waals surface area contributed by atoms with Crippen molar-refractivity contribution in [3.8, 4) is 0 Å². The summed E-state index contributed by atoms with van der Waals surface area (Å²) in [6.07, 6.45) is -5.60. The van der Waals surface area contributed by atoms with Gasteiger partial charge in [0.05, 0.1) is 29.4 Å². The highest BCUT2D eigenvalue weighted by Crippen LogP contribution is 2.51. The van der Waals surface area contributed by atoms with Crippen molar-refractivity contribution < 1.29 is 86.3 Å². The minimum absolute atomic E-state index is 0.237. The van der Waals surface area contributed by atoms with E-state index in [2.05, 4.69) is 42.5 Å². The summed E-state index contributed by atoms with van der Waals surface area (Å²) in [5, 5.41) is 34.7. The number of amides is 10. The molecular weight excluding hydrogens is 1570 g/mol. The minimum Gasteiger partial charge on any atom is -0.462 e. The zero-order chi connectivity index (χ0) is 87.5. The largest absolute Gasteiger partial charge is 0.462 e. The Morgan fingerprint density at radius 2 is 1.16 bits per heavy atom. The fourth-order valence-corrected chi connectivity index (χ4v) is 17.7. The lowest BCUT2D eigenvalue weighted by Gasteiger charge is -2.38. The van der Waals surface area contributed by atoms with Gasteiger partial charge in [0, 0.05) is 56.2 Å². The number of urea groups is 1. The molecule has 0 aromatic heterocycles. The molecule has 7 aromatic rings. The Kier molecular flexibility index (Phi) is 28.0. The molecule has 2 fully saturated rings. The number of para-hydroxylation sites is 1. The van der Waals surface area contributed by atoms with Crippen LogP contribution in [0, 0.1) is 11.8 Å². The van der Waals surface area contributed by atoms with Crippen molar-refractivity contribution in [2.45, 2.75) is 203 Å². The van der Waals surface area contributed by atoms with Gasteiger partial charge in [-0.2, -0.15) is 0 Å². The summed E-state index contributed by atoms with van der Waals surface area (Å²) in [5.41, 5.74) is -1.02. The molecule has 7 aromatic carbocycles. The number of benzene rings is 7. The quantitative estimate of drug-likeness (QED) is 0.0138. The van der Waals surface area contributed by atoms with E-state index >= 15 is 24.0 Å². The summed E-state index contributed by atoms with van der Waals surface area (Å²) >= 11 is 1.25. The second-order valence-corrected chi connectivity index (χ2v) is 34.8. The normalized spacial score (nSPS) is 20.7. The van der Waals surface area contributed by atoms with E-state index in [0.717, 1.165) is 40.3 Å². The number of fused-ring (bicyclic) bond motifs is 11. The third-order valence-electron chi connectivity index (χ3n) is 22.2. The van der Waals surface area contributed by atoms with E-state index in [-0.39, 0.29) is 31.6 Å². The average Bonchev–Trinajstić information content (AvgIpc) is 1.57. The maximum Gasteiger partial charge on any atom is 0.412 e. The fourth-order valence-electron chi connectivity index (χ4n) is 16.2. The van der Waals surface area contributed by atoms with Crippen molar-refractivity contribution in [3.63, 3.8) is 0 Å². The first kappa shape index (κ1) is 89.8. The topological polar surface area (TPSA) is 374 Å². The third-order valence-corrected chi connectivity index (χ3v) is 23.8. The van der Waals surface area contributed by atoms with Gasteiger partial charge in [-0.1, -0.05) is 221 Å². The van der Waals surface area contributed by atoms with Gasteiger partial charge in [0.1, 0.15) is 77.5 Å². The van der Waals surface area contributed by atoms with Crippen LogP contribution in [0.5, 0.6) is 0 Å². The fraction of sp³-hybridized carbons (Fsp3) is 0.413. The van der Waals surface area contributed by atoms with Gasteiger partial charge in [0.15, 0.2) is 0 Å². The molecule has 10 amide bonds.